The van der Waals surface area contributed by atoms with Crippen LogP contribution in [0, 0.1) is 0 Å². The fraction of sp³-hybridized carbons (Fsp3) is 1.00. The van der Waals surface area contributed by atoms with Gasteiger partial charge in [-0.05, 0) is 19.3 Å². The molecule has 0 fully saturated rings. The van der Waals surface area contributed by atoms with E-state index >= 15 is 0 Å². The second-order valence-corrected chi connectivity index (χ2v) is 7.36. The van der Waals surface area contributed by atoms with Gasteiger partial charge < -0.3 is 9.66 Å². The molecule has 2 unspecified atom stereocenters. The molecule has 0 amide bonds. The summed E-state index contributed by atoms with van der Waals surface area (Å²) >= 11 is 0. The summed E-state index contributed by atoms with van der Waals surface area (Å²) in [6.45, 7) is 4.17. The molecule has 0 spiro atoms. The van der Waals surface area contributed by atoms with Gasteiger partial charge in [0.2, 0.25) is 0 Å². The second kappa shape index (κ2) is 15.1. The maximum absolute atomic E-state index is 11.2. The molecule has 0 aromatic rings. The van der Waals surface area contributed by atoms with Gasteiger partial charge in [-0.1, -0.05) is 65.2 Å². The minimum absolute atomic E-state index is 0. The number of unbranched alkanes of at least 4 members (excludes halogenated alkanes) is 6. The molecule has 2 atom stereocenters. The van der Waals surface area contributed by atoms with E-state index in [1.54, 1.807) is 0 Å². The van der Waals surface area contributed by atoms with Crippen LogP contribution in [0.25, 0.3) is 0 Å². The van der Waals surface area contributed by atoms with Gasteiger partial charge in [-0.25, -0.2) is 8.42 Å². The molecule has 1 N–H and O–H groups in total. The molecule has 122 valence electrons. The predicted octanol–water partition coefficient (Wildman–Crippen LogP) is 0.596. The Morgan fingerprint density at radius 1 is 0.905 bits per heavy atom. The molecule has 0 radical (unpaired) electrons. The van der Waals surface area contributed by atoms with Crippen molar-refractivity contribution in [2.45, 2.75) is 95.8 Å². The monoisotopic (exact) mass is 346 g/mol. The summed E-state index contributed by atoms with van der Waals surface area (Å²) < 4.78 is 33.7. The molecule has 0 bridgehead atoms. The number of rotatable bonds is 13. The molecule has 0 aliphatic heterocycles. The first kappa shape index (κ1) is 24.8. The van der Waals surface area contributed by atoms with Crippen LogP contribution >= 0.6 is 0 Å². The van der Waals surface area contributed by atoms with Gasteiger partial charge in [0.25, 0.3) is 0 Å². The third-order valence-electron chi connectivity index (χ3n) is 3.71. The van der Waals surface area contributed by atoms with Crippen LogP contribution in [0.5, 0.6) is 0 Å². The Kier molecular flexibility index (Phi) is 17.8. The molecular formula is C15H31KO4S. The minimum Gasteiger partial charge on any atom is -0.748 e. The quantitative estimate of drug-likeness (QED) is 0.301. The van der Waals surface area contributed by atoms with Crippen LogP contribution in [0.15, 0.2) is 0 Å². The molecule has 0 saturated carbocycles. The molecule has 0 aromatic carbocycles. The van der Waals surface area contributed by atoms with Gasteiger partial charge in [0.15, 0.2) is 0 Å². The first-order valence-electron chi connectivity index (χ1n) is 8.04. The summed E-state index contributed by atoms with van der Waals surface area (Å²) in [6, 6.07) is 0. The first-order chi connectivity index (χ1) is 9.41. The zero-order chi connectivity index (χ0) is 15.4. The Balaban J connectivity index is 0. The Bertz CT molecular complexity index is 320. The van der Waals surface area contributed by atoms with Gasteiger partial charge in [0, 0.05) is 0 Å². The predicted molar refractivity (Wildman–Crippen MR) is 81.6 cm³/mol. The average molecular weight is 347 g/mol. The van der Waals surface area contributed by atoms with E-state index in [4.69, 9.17) is 0 Å². The van der Waals surface area contributed by atoms with E-state index in [0.29, 0.717) is 12.8 Å². The maximum Gasteiger partial charge on any atom is 1.00 e. The van der Waals surface area contributed by atoms with Crippen LogP contribution in [0.4, 0.5) is 0 Å². The van der Waals surface area contributed by atoms with Crippen molar-refractivity contribution in [3.8, 4) is 0 Å². The van der Waals surface area contributed by atoms with E-state index in [0.717, 1.165) is 32.1 Å². The number of hydrogen-bond donors (Lipinski definition) is 1. The Morgan fingerprint density at radius 2 is 1.43 bits per heavy atom. The van der Waals surface area contributed by atoms with Crippen molar-refractivity contribution in [3.63, 3.8) is 0 Å². The number of aliphatic hydroxyl groups is 1. The molecule has 0 rings (SSSR count). The summed E-state index contributed by atoms with van der Waals surface area (Å²) in [4.78, 5) is 0. The zero-order valence-electron chi connectivity index (χ0n) is 14.0. The fourth-order valence-electron chi connectivity index (χ4n) is 2.39. The normalized spacial score (nSPS) is 14.5. The van der Waals surface area contributed by atoms with Crippen molar-refractivity contribution in [2.75, 3.05) is 0 Å². The summed E-state index contributed by atoms with van der Waals surface area (Å²) in [6.07, 6.45) is 8.62. The maximum atomic E-state index is 11.2. The van der Waals surface area contributed by atoms with Crippen LogP contribution in [-0.4, -0.2) is 29.4 Å². The largest absolute Gasteiger partial charge is 1.00 e. The molecule has 0 aromatic heterocycles. The molecule has 0 aliphatic rings. The van der Waals surface area contributed by atoms with Crippen LogP contribution in [0.2, 0.25) is 0 Å². The van der Waals surface area contributed by atoms with Gasteiger partial charge in [0.1, 0.15) is 0 Å². The van der Waals surface area contributed by atoms with E-state index in [2.05, 4.69) is 6.92 Å². The zero-order valence-corrected chi connectivity index (χ0v) is 18.0. The standard InChI is InChI=1S/C15H32O4S.K/c1-3-5-7-8-9-10-12-15(20(17,18)19)13-14(16)11-6-4-2;/h14-16H,3-13H2,1-2H3,(H,17,18,19);/q;+1/p-1. The summed E-state index contributed by atoms with van der Waals surface area (Å²) in [5.41, 5.74) is 0. The Labute approximate surface area is 173 Å². The summed E-state index contributed by atoms with van der Waals surface area (Å²) in [7, 11) is -4.29. The third kappa shape index (κ3) is 14.8. The summed E-state index contributed by atoms with van der Waals surface area (Å²) in [5, 5.41) is 8.87. The van der Waals surface area contributed by atoms with Gasteiger partial charge in [-0.2, -0.15) is 0 Å². The van der Waals surface area contributed by atoms with Crippen LogP contribution < -0.4 is 51.4 Å². The molecule has 0 heterocycles. The van der Waals surface area contributed by atoms with Crippen molar-refractivity contribution >= 4 is 10.1 Å². The fourth-order valence-corrected chi connectivity index (χ4v) is 3.31. The van der Waals surface area contributed by atoms with Crippen LogP contribution in [0.1, 0.15) is 84.5 Å². The molecule has 4 nitrogen and oxygen atoms in total. The van der Waals surface area contributed by atoms with Crippen molar-refractivity contribution in [1.82, 2.24) is 0 Å². The van der Waals surface area contributed by atoms with E-state index in [1.807, 2.05) is 6.92 Å². The van der Waals surface area contributed by atoms with Gasteiger partial charge >= 0.3 is 51.4 Å². The van der Waals surface area contributed by atoms with Gasteiger partial charge in [-0.15, -0.1) is 0 Å². The molecule has 21 heavy (non-hydrogen) atoms. The molecule has 0 aliphatic carbocycles. The SMILES string of the molecule is CCCCCCCCC(CC(O)CCCC)S(=O)(=O)[O-].[K+]. The van der Waals surface area contributed by atoms with Gasteiger partial charge in [0.05, 0.1) is 21.5 Å². The number of aliphatic hydroxyl groups excluding tert-OH is 1. The molecule has 0 saturated heterocycles. The van der Waals surface area contributed by atoms with Crippen LogP contribution in [0.3, 0.4) is 0 Å². The molecular weight excluding hydrogens is 315 g/mol. The van der Waals surface area contributed by atoms with E-state index in [9.17, 15) is 18.1 Å². The van der Waals surface area contributed by atoms with Crippen molar-refractivity contribution in [1.29, 1.82) is 0 Å². The van der Waals surface area contributed by atoms with Crippen molar-refractivity contribution in [2.24, 2.45) is 0 Å². The second-order valence-electron chi connectivity index (χ2n) is 5.70. The Morgan fingerprint density at radius 3 is 1.95 bits per heavy atom. The third-order valence-corrected chi connectivity index (χ3v) is 4.96. The van der Waals surface area contributed by atoms with Gasteiger partial charge in [-0.3, -0.25) is 0 Å². The number of hydrogen-bond acceptors (Lipinski definition) is 4. The van der Waals surface area contributed by atoms with E-state index in [1.165, 1.54) is 19.3 Å². The van der Waals surface area contributed by atoms with Crippen molar-refractivity contribution < 1.29 is 69.5 Å². The topological polar surface area (TPSA) is 77.4 Å². The van der Waals surface area contributed by atoms with E-state index < -0.39 is 21.5 Å². The Hall–Kier alpha value is 1.51. The van der Waals surface area contributed by atoms with E-state index in [-0.39, 0.29) is 57.8 Å². The van der Waals surface area contributed by atoms with Crippen LogP contribution in [-0.2, 0) is 10.1 Å². The average Bonchev–Trinajstić information content (AvgIpc) is 2.37. The minimum atomic E-state index is -4.29. The summed E-state index contributed by atoms with van der Waals surface area (Å²) in [5.74, 6) is 0. The first-order valence-corrected chi connectivity index (χ1v) is 9.51. The smallest absolute Gasteiger partial charge is 0.748 e. The molecule has 6 heteroatoms. The van der Waals surface area contributed by atoms with Crippen molar-refractivity contribution in [3.05, 3.63) is 0 Å².